The molecule has 0 radical (unpaired) electrons. The highest BCUT2D eigenvalue weighted by molar-refractivity contribution is 5.40. The predicted octanol–water partition coefficient (Wildman–Crippen LogP) is 4.65. The van der Waals surface area contributed by atoms with E-state index in [1.54, 1.807) is 16.7 Å². The van der Waals surface area contributed by atoms with Gasteiger partial charge in [-0.3, -0.25) is 0 Å². The number of hydrogen-bond acceptors (Lipinski definition) is 0. The molecule has 0 saturated heterocycles. The average molecular weight is 214 g/mol. The van der Waals surface area contributed by atoms with Crippen molar-refractivity contribution in [2.45, 2.75) is 46.0 Å². The fourth-order valence-electron chi connectivity index (χ4n) is 3.59. The highest BCUT2D eigenvalue weighted by Crippen LogP contribution is 2.44. The molecule has 0 spiro atoms. The first kappa shape index (κ1) is 10.4. The van der Waals surface area contributed by atoms with E-state index in [9.17, 15) is 0 Å². The molecule has 86 valence electrons. The standard InChI is InChI=1S/C16H22/c1-11-3-5-13-9-14-6-4-12(2)8-16(14)10-15(13)7-11/h7-8,10-11,13-14H,3-6,9H2,1-2H3. The van der Waals surface area contributed by atoms with Gasteiger partial charge < -0.3 is 0 Å². The molecular weight excluding hydrogens is 192 g/mol. The Hall–Kier alpha value is -0.780. The number of rotatable bonds is 0. The van der Waals surface area contributed by atoms with E-state index >= 15 is 0 Å². The molecule has 0 aromatic heterocycles. The summed E-state index contributed by atoms with van der Waals surface area (Å²) in [6, 6.07) is 0. The Morgan fingerprint density at radius 1 is 1.00 bits per heavy atom. The Labute approximate surface area is 99.1 Å². The largest absolute Gasteiger partial charge is 0.0782 e. The third-order valence-electron chi connectivity index (χ3n) is 4.59. The molecule has 3 aliphatic rings. The summed E-state index contributed by atoms with van der Waals surface area (Å²) in [4.78, 5) is 0. The third kappa shape index (κ3) is 1.79. The first-order chi connectivity index (χ1) is 7.72. The van der Waals surface area contributed by atoms with E-state index in [-0.39, 0.29) is 0 Å². The molecule has 0 aliphatic heterocycles. The molecule has 3 aliphatic carbocycles. The monoisotopic (exact) mass is 214 g/mol. The van der Waals surface area contributed by atoms with Gasteiger partial charge in [0.15, 0.2) is 0 Å². The molecule has 0 saturated carbocycles. The van der Waals surface area contributed by atoms with Crippen LogP contribution in [-0.2, 0) is 0 Å². The van der Waals surface area contributed by atoms with E-state index < -0.39 is 0 Å². The average Bonchev–Trinajstić information content (AvgIpc) is 2.26. The van der Waals surface area contributed by atoms with Crippen LogP contribution in [0.3, 0.4) is 0 Å². The van der Waals surface area contributed by atoms with E-state index in [0.717, 1.165) is 17.8 Å². The predicted molar refractivity (Wildman–Crippen MR) is 69.2 cm³/mol. The van der Waals surface area contributed by atoms with Crippen molar-refractivity contribution in [3.8, 4) is 0 Å². The minimum Gasteiger partial charge on any atom is -0.0782 e. The molecule has 0 heteroatoms. The van der Waals surface area contributed by atoms with Crippen molar-refractivity contribution in [3.05, 3.63) is 34.9 Å². The van der Waals surface area contributed by atoms with Crippen molar-refractivity contribution in [2.24, 2.45) is 17.8 Å². The van der Waals surface area contributed by atoms with Gasteiger partial charge in [0.2, 0.25) is 0 Å². The molecule has 0 amide bonds. The molecule has 16 heavy (non-hydrogen) atoms. The summed E-state index contributed by atoms with van der Waals surface area (Å²) in [5.74, 6) is 2.56. The second-order valence-electron chi connectivity index (χ2n) is 6.02. The van der Waals surface area contributed by atoms with Crippen LogP contribution in [-0.4, -0.2) is 0 Å². The summed E-state index contributed by atoms with van der Waals surface area (Å²) in [6.07, 6.45) is 14.5. The molecule has 0 bridgehead atoms. The van der Waals surface area contributed by atoms with Crippen LogP contribution in [0.25, 0.3) is 0 Å². The first-order valence-corrected chi connectivity index (χ1v) is 6.83. The van der Waals surface area contributed by atoms with Crippen molar-refractivity contribution in [2.75, 3.05) is 0 Å². The third-order valence-corrected chi connectivity index (χ3v) is 4.59. The Morgan fingerprint density at radius 2 is 1.81 bits per heavy atom. The molecule has 0 aromatic carbocycles. The zero-order valence-corrected chi connectivity index (χ0v) is 10.5. The normalized spacial score (nSPS) is 37.9. The van der Waals surface area contributed by atoms with Crippen LogP contribution in [0.4, 0.5) is 0 Å². The number of hydrogen-bond donors (Lipinski definition) is 0. The van der Waals surface area contributed by atoms with Crippen molar-refractivity contribution in [3.63, 3.8) is 0 Å². The minimum atomic E-state index is 0.799. The highest BCUT2D eigenvalue weighted by Gasteiger charge is 2.30. The lowest BCUT2D eigenvalue weighted by molar-refractivity contribution is 0.359. The van der Waals surface area contributed by atoms with Gasteiger partial charge in [0, 0.05) is 0 Å². The van der Waals surface area contributed by atoms with E-state index in [1.165, 1.54) is 32.1 Å². The molecule has 0 aromatic rings. The molecular formula is C16H22. The Bertz CT molecular complexity index is 381. The van der Waals surface area contributed by atoms with E-state index in [4.69, 9.17) is 0 Å². The SMILES string of the molecule is CC1=CC2=CC3=CC(C)CCC3CC2CC1. The van der Waals surface area contributed by atoms with Gasteiger partial charge in [0.25, 0.3) is 0 Å². The van der Waals surface area contributed by atoms with Crippen LogP contribution in [0.2, 0.25) is 0 Å². The molecule has 3 atom stereocenters. The number of fused-ring (bicyclic) bond motifs is 2. The Morgan fingerprint density at radius 3 is 2.69 bits per heavy atom. The van der Waals surface area contributed by atoms with Gasteiger partial charge >= 0.3 is 0 Å². The van der Waals surface area contributed by atoms with Gasteiger partial charge in [-0.1, -0.05) is 30.7 Å². The molecule has 0 N–H and O–H groups in total. The van der Waals surface area contributed by atoms with Crippen molar-refractivity contribution >= 4 is 0 Å². The van der Waals surface area contributed by atoms with Gasteiger partial charge in [0.1, 0.15) is 0 Å². The second kappa shape index (κ2) is 3.91. The molecule has 3 unspecified atom stereocenters. The fraction of sp³-hybridized carbons (Fsp3) is 0.625. The first-order valence-electron chi connectivity index (χ1n) is 6.83. The van der Waals surface area contributed by atoms with Gasteiger partial charge in [-0.2, -0.15) is 0 Å². The van der Waals surface area contributed by atoms with E-state index in [0.29, 0.717) is 0 Å². The van der Waals surface area contributed by atoms with E-state index in [1.807, 2.05) is 0 Å². The van der Waals surface area contributed by atoms with Gasteiger partial charge in [-0.15, -0.1) is 0 Å². The minimum absolute atomic E-state index is 0.799. The smallest absolute Gasteiger partial charge is 0.0153 e. The summed E-state index contributed by atoms with van der Waals surface area (Å²) >= 11 is 0. The Balaban J connectivity index is 1.96. The topological polar surface area (TPSA) is 0 Å². The van der Waals surface area contributed by atoms with E-state index in [2.05, 4.69) is 32.1 Å². The van der Waals surface area contributed by atoms with Crippen molar-refractivity contribution in [1.82, 2.24) is 0 Å². The lowest BCUT2D eigenvalue weighted by Crippen LogP contribution is -2.23. The Kier molecular flexibility index (Phi) is 2.53. The van der Waals surface area contributed by atoms with Crippen LogP contribution in [0.5, 0.6) is 0 Å². The summed E-state index contributed by atoms with van der Waals surface area (Å²) < 4.78 is 0. The van der Waals surface area contributed by atoms with Gasteiger partial charge in [0.05, 0.1) is 0 Å². The van der Waals surface area contributed by atoms with Crippen molar-refractivity contribution < 1.29 is 0 Å². The highest BCUT2D eigenvalue weighted by atomic mass is 14.3. The fourth-order valence-corrected chi connectivity index (χ4v) is 3.59. The van der Waals surface area contributed by atoms with Crippen LogP contribution in [0.15, 0.2) is 34.9 Å². The summed E-state index contributed by atoms with van der Waals surface area (Å²) in [7, 11) is 0. The lowest BCUT2D eigenvalue weighted by Gasteiger charge is -2.36. The maximum absolute atomic E-state index is 2.52. The molecule has 0 nitrogen and oxygen atoms in total. The number of allylic oxidation sites excluding steroid dienone is 6. The van der Waals surface area contributed by atoms with Gasteiger partial charge in [-0.25, -0.2) is 0 Å². The van der Waals surface area contributed by atoms with Crippen LogP contribution in [0.1, 0.15) is 46.0 Å². The zero-order valence-electron chi connectivity index (χ0n) is 10.5. The summed E-state index contributed by atoms with van der Waals surface area (Å²) in [6.45, 7) is 4.64. The molecule has 0 heterocycles. The maximum Gasteiger partial charge on any atom is -0.0153 e. The molecule has 3 rings (SSSR count). The maximum atomic E-state index is 2.52. The molecule has 0 fully saturated rings. The van der Waals surface area contributed by atoms with Crippen LogP contribution < -0.4 is 0 Å². The summed E-state index contributed by atoms with van der Waals surface area (Å²) in [5.41, 5.74) is 4.85. The van der Waals surface area contributed by atoms with Crippen LogP contribution >= 0.6 is 0 Å². The zero-order chi connectivity index (χ0) is 11.1. The second-order valence-corrected chi connectivity index (χ2v) is 6.02. The lowest BCUT2D eigenvalue weighted by atomic mass is 9.69. The quantitative estimate of drug-likeness (QED) is 0.551. The van der Waals surface area contributed by atoms with Gasteiger partial charge in [-0.05, 0) is 67.9 Å². The summed E-state index contributed by atoms with van der Waals surface area (Å²) in [5, 5.41) is 0. The van der Waals surface area contributed by atoms with Crippen molar-refractivity contribution in [1.29, 1.82) is 0 Å². The van der Waals surface area contributed by atoms with Crippen LogP contribution in [0, 0.1) is 17.8 Å².